The molecule has 2 aromatic rings. The highest BCUT2D eigenvalue weighted by atomic mass is 32.2. The lowest BCUT2D eigenvalue weighted by molar-refractivity contribution is -0.138. The van der Waals surface area contributed by atoms with Crippen molar-refractivity contribution in [2.45, 2.75) is 50.1 Å². The van der Waals surface area contributed by atoms with Gasteiger partial charge in [-0.15, -0.1) is 11.8 Å². The molecule has 0 N–H and O–H groups in total. The Morgan fingerprint density at radius 3 is 2.58 bits per heavy atom. The Labute approximate surface area is 142 Å². The molecule has 0 saturated carbocycles. The minimum absolute atomic E-state index is 0.0595. The van der Waals surface area contributed by atoms with E-state index in [2.05, 4.69) is 4.98 Å². The molecule has 0 aliphatic rings. The molecule has 2 aromatic heterocycles. The van der Waals surface area contributed by atoms with Crippen LogP contribution in [0.3, 0.4) is 0 Å². The first-order valence-corrected chi connectivity index (χ1v) is 8.40. The molecule has 0 spiro atoms. The Morgan fingerprint density at radius 2 is 2.08 bits per heavy atom. The van der Waals surface area contributed by atoms with Gasteiger partial charge in [0, 0.05) is 5.25 Å². The van der Waals surface area contributed by atoms with E-state index < -0.39 is 17.3 Å². The van der Waals surface area contributed by atoms with Gasteiger partial charge in [-0.05, 0) is 31.5 Å². The predicted octanol–water partition coefficient (Wildman–Crippen LogP) is 5.82. The van der Waals surface area contributed by atoms with Gasteiger partial charge < -0.3 is 4.42 Å². The molecule has 3 nitrogen and oxygen atoms in total. The summed E-state index contributed by atoms with van der Waals surface area (Å²) in [7, 11) is 0. The maximum atomic E-state index is 13.4. The van der Waals surface area contributed by atoms with Gasteiger partial charge >= 0.3 is 6.18 Å². The van der Waals surface area contributed by atoms with Crippen LogP contribution in [-0.2, 0) is 6.18 Å². The maximum Gasteiger partial charge on any atom is 0.417 e. The predicted molar refractivity (Wildman–Crippen MR) is 86.6 cm³/mol. The van der Waals surface area contributed by atoms with Gasteiger partial charge in [0.1, 0.15) is 22.5 Å². The van der Waals surface area contributed by atoms with E-state index in [1.54, 1.807) is 25.1 Å². The zero-order chi connectivity index (χ0) is 17.9. The molecule has 128 valence electrons. The molecule has 2 heterocycles. The number of thioether (sulfide) groups is 1. The largest absolute Gasteiger partial charge is 0.460 e. The lowest BCUT2D eigenvalue weighted by Gasteiger charge is -2.15. The van der Waals surface area contributed by atoms with E-state index in [1.165, 1.54) is 11.8 Å². The Hall–Kier alpha value is -1.94. The molecule has 0 fully saturated rings. The molecule has 0 radical (unpaired) electrons. The van der Waals surface area contributed by atoms with Gasteiger partial charge in [-0.1, -0.05) is 20.3 Å². The summed E-state index contributed by atoms with van der Waals surface area (Å²) >= 11 is 1.19. The Balaban J connectivity index is 2.60. The number of alkyl halides is 3. The second-order valence-corrected chi connectivity index (χ2v) is 6.90. The molecule has 0 saturated heterocycles. The third kappa shape index (κ3) is 4.12. The van der Waals surface area contributed by atoms with Crippen LogP contribution in [0, 0.1) is 18.3 Å². The molecular formula is C17H17F3N2OS. The summed E-state index contributed by atoms with van der Waals surface area (Å²) in [6, 6.07) is 5.79. The topological polar surface area (TPSA) is 49.8 Å². The van der Waals surface area contributed by atoms with Crippen molar-refractivity contribution in [3.05, 3.63) is 35.1 Å². The lowest BCUT2D eigenvalue weighted by atomic mass is 10.1. The standard InChI is InChI=1S/C17H17F3N2OS/c1-4-5-11(3)24-16-12(9-21)13(17(18,19)20)8-14(22-16)15-7-6-10(2)23-15/h6-8,11H,4-5H2,1-3H3/t11-/m1/s1. The van der Waals surface area contributed by atoms with Crippen molar-refractivity contribution in [2.75, 3.05) is 0 Å². The van der Waals surface area contributed by atoms with E-state index in [4.69, 9.17) is 4.42 Å². The van der Waals surface area contributed by atoms with Crippen LogP contribution in [0.25, 0.3) is 11.5 Å². The van der Waals surface area contributed by atoms with Crippen LogP contribution in [0.1, 0.15) is 43.6 Å². The van der Waals surface area contributed by atoms with E-state index in [1.807, 2.05) is 13.8 Å². The van der Waals surface area contributed by atoms with E-state index in [-0.39, 0.29) is 21.7 Å². The fraction of sp³-hybridized carbons (Fsp3) is 0.412. The molecule has 0 bridgehead atoms. The van der Waals surface area contributed by atoms with E-state index >= 15 is 0 Å². The summed E-state index contributed by atoms with van der Waals surface area (Å²) in [5.41, 5.74) is -1.32. The fourth-order valence-corrected chi connectivity index (χ4v) is 3.45. The zero-order valence-corrected chi connectivity index (χ0v) is 14.4. The number of nitrogens with zero attached hydrogens (tertiary/aromatic N) is 2. The summed E-state index contributed by atoms with van der Waals surface area (Å²) in [6.07, 6.45) is -2.91. The van der Waals surface area contributed by atoms with Crippen LogP contribution < -0.4 is 0 Å². The Bertz CT molecular complexity index is 762. The van der Waals surface area contributed by atoms with Crippen molar-refractivity contribution >= 4 is 11.8 Å². The summed E-state index contributed by atoms with van der Waals surface area (Å²) in [4.78, 5) is 4.27. The van der Waals surface area contributed by atoms with Crippen molar-refractivity contribution in [1.29, 1.82) is 5.26 Å². The number of aryl methyl sites for hydroxylation is 1. The average Bonchev–Trinajstić information content (AvgIpc) is 2.92. The SMILES string of the molecule is CCC[C@@H](C)Sc1nc(-c2ccc(C)o2)cc(C(F)(F)F)c1C#N. The highest BCUT2D eigenvalue weighted by Gasteiger charge is 2.36. The van der Waals surface area contributed by atoms with Gasteiger partial charge in [0.15, 0.2) is 5.76 Å². The Kier molecular flexibility index (Phi) is 5.60. The molecular weight excluding hydrogens is 337 g/mol. The van der Waals surface area contributed by atoms with E-state index in [0.29, 0.717) is 5.76 Å². The summed E-state index contributed by atoms with van der Waals surface area (Å²) in [6.45, 7) is 5.61. The third-order valence-corrected chi connectivity index (χ3v) is 4.56. The number of furan rings is 1. The van der Waals surface area contributed by atoms with Crippen LogP contribution in [0.2, 0.25) is 0 Å². The zero-order valence-electron chi connectivity index (χ0n) is 13.6. The van der Waals surface area contributed by atoms with Crippen molar-refractivity contribution in [3.8, 4) is 17.5 Å². The fourth-order valence-electron chi connectivity index (χ4n) is 2.29. The van der Waals surface area contributed by atoms with Crippen molar-refractivity contribution < 1.29 is 17.6 Å². The third-order valence-electron chi connectivity index (χ3n) is 3.40. The molecule has 0 aliphatic heterocycles. The minimum Gasteiger partial charge on any atom is -0.460 e. The summed E-state index contributed by atoms with van der Waals surface area (Å²) in [5.74, 6) is 0.839. The molecule has 24 heavy (non-hydrogen) atoms. The highest BCUT2D eigenvalue weighted by Crippen LogP contribution is 2.39. The number of rotatable bonds is 5. The van der Waals surface area contributed by atoms with Gasteiger partial charge in [-0.2, -0.15) is 18.4 Å². The summed E-state index contributed by atoms with van der Waals surface area (Å²) in [5, 5.41) is 9.40. The molecule has 0 unspecified atom stereocenters. The van der Waals surface area contributed by atoms with Gasteiger partial charge in [0.25, 0.3) is 0 Å². The lowest BCUT2D eigenvalue weighted by Crippen LogP contribution is -2.11. The number of aromatic nitrogens is 1. The Morgan fingerprint density at radius 1 is 1.38 bits per heavy atom. The first-order valence-electron chi connectivity index (χ1n) is 7.52. The van der Waals surface area contributed by atoms with E-state index in [0.717, 1.165) is 18.9 Å². The van der Waals surface area contributed by atoms with E-state index in [9.17, 15) is 18.4 Å². The number of hydrogen-bond donors (Lipinski definition) is 0. The molecule has 0 amide bonds. The second kappa shape index (κ2) is 7.31. The first-order chi connectivity index (χ1) is 11.3. The van der Waals surface area contributed by atoms with Crippen LogP contribution in [0.4, 0.5) is 13.2 Å². The molecule has 2 rings (SSSR count). The number of hydrogen-bond acceptors (Lipinski definition) is 4. The van der Waals surface area contributed by atoms with Crippen LogP contribution in [0.5, 0.6) is 0 Å². The molecule has 1 atom stereocenters. The molecule has 0 aliphatic carbocycles. The maximum absolute atomic E-state index is 13.4. The van der Waals surface area contributed by atoms with Gasteiger partial charge in [-0.25, -0.2) is 4.98 Å². The van der Waals surface area contributed by atoms with Crippen molar-refractivity contribution in [1.82, 2.24) is 4.98 Å². The van der Waals surface area contributed by atoms with Gasteiger partial charge in [-0.3, -0.25) is 0 Å². The van der Waals surface area contributed by atoms with Crippen LogP contribution in [0.15, 0.2) is 27.6 Å². The highest BCUT2D eigenvalue weighted by molar-refractivity contribution is 7.99. The van der Waals surface area contributed by atoms with Gasteiger partial charge in [0.05, 0.1) is 11.1 Å². The number of nitriles is 1. The number of halogens is 3. The quantitative estimate of drug-likeness (QED) is 0.635. The smallest absolute Gasteiger partial charge is 0.417 e. The van der Waals surface area contributed by atoms with Gasteiger partial charge in [0.2, 0.25) is 0 Å². The molecule has 0 aromatic carbocycles. The minimum atomic E-state index is -4.63. The first kappa shape index (κ1) is 18.4. The second-order valence-electron chi connectivity index (χ2n) is 5.47. The average molecular weight is 354 g/mol. The molecule has 7 heteroatoms. The van der Waals surface area contributed by atoms with Crippen molar-refractivity contribution in [3.63, 3.8) is 0 Å². The van der Waals surface area contributed by atoms with Crippen LogP contribution >= 0.6 is 11.8 Å². The number of pyridine rings is 1. The summed E-state index contributed by atoms with van der Waals surface area (Å²) < 4.78 is 45.5. The monoisotopic (exact) mass is 354 g/mol. The normalized spacial score (nSPS) is 12.9. The van der Waals surface area contributed by atoms with Crippen LogP contribution in [-0.4, -0.2) is 10.2 Å². The van der Waals surface area contributed by atoms with Crippen molar-refractivity contribution in [2.24, 2.45) is 0 Å².